The van der Waals surface area contributed by atoms with Gasteiger partial charge in [-0.05, 0) is 60.9 Å². The second kappa shape index (κ2) is 10.0. The third kappa shape index (κ3) is 4.20. The Labute approximate surface area is 211 Å². The number of unbranched alkanes of at least 4 members (excludes halogenated alkanes) is 1. The van der Waals surface area contributed by atoms with Crippen molar-refractivity contribution in [3.63, 3.8) is 0 Å². The molecule has 0 saturated carbocycles. The number of carbonyl (C=O) groups is 2. The molecule has 0 N–H and O–H groups in total. The first-order valence-electron chi connectivity index (χ1n) is 12.3. The molecule has 2 saturated heterocycles. The van der Waals surface area contributed by atoms with E-state index >= 15 is 0 Å². The summed E-state index contributed by atoms with van der Waals surface area (Å²) >= 11 is 0. The van der Waals surface area contributed by atoms with E-state index in [9.17, 15) is 9.59 Å². The minimum atomic E-state index is -0.922. The molecule has 186 valence electrons. The molecule has 2 heterocycles. The van der Waals surface area contributed by atoms with Gasteiger partial charge in [0.05, 0.1) is 31.1 Å². The molecule has 0 aromatic heterocycles. The van der Waals surface area contributed by atoms with Gasteiger partial charge in [0, 0.05) is 0 Å². The molecule has 3 aromatic rings. The number of methoxy groups -OCH3 is 1. The van der Waals surface area contributed by atoms with E-state index in [1.54, 1.807) is 18.2 Å². The average molecular weight is 487 g/mol. The molecule has 7 nitrogen and oxygen atoms in total. The van der Waals surface area contributed by atoms with E-state index in [-0.39, 0.29) is 11.8 Å². The minimum Gasteiger partial charge on any atom is -0.493 e. The van der Waals surface area contributed by atoms with Crippen LogP contribution < -0.4 is 19.4 Å². The monoisotopic (exact) mass is 486 g/mol. The van der Waals surface area contributed by atoms with Gasteiger partial charge >= 0.3 is 0 Å². The summed E-state index contributed by atoms with van der Waals surface area (Å²) in [5, 5.41) is 1.69. The molecule has 2 aliphatic rings. The SMILES string of the molecule is CCCCOc1ccc([C@H]2[C@@H]3C(=O)N(c4cccc(C)c4)C(=O)[C@H]3ON2c2ccccc2)cc1OC. The first-order chi connectivity index (χ1) is 17.5. The fraction of sp³-hybridized carbons (Fsp3) is 0.310. The number of aryl methyl sites for hydroxylation is 1. The smallest absolute Gasteiger partial charge is 0.266 e. The molecule has 2 amide bonds. The maximum atomic E-state index is 13.8. The van der Waals surface area contributed by atoms with Crippen molar-refractivity contribution < 1.29 is 23.9 Å². The summed E-state index contributed by atoms with van der Waals surface area (Å²) in [5.41, 5.74) is 3.10. The number of imide groups is 1. The Morgan fingerprint density at radius 3 is 2.39 bits per heavy atom. The normalized spacial score (nSPS) is 21.1. The number of carbonyl (C=O) groups excluding carboxylic acids is 2. The number of hydrogen-bond donors (Lipinski definition) is 0. The maximum absolute atomic E-state index is 13.8. The third-order valence-electron chi connectivity index (χ3n) is 6.67. The quantitative estimate of drug-likeness (QED) is 0.321. The van der Waals surface area contributed by atoms with Gasteiger partial charge in [-0.2, -0.15) is 0 Å². The van der Waals surface area contributed by atoms with Crippen LogP contribution in [0.15, 0.2) is 72.8 Å². The van der Waals surface area contributed by atoms with Gasteiger partial charge in [0.15, 0.2) is 17.6 Å². The zero-order valence-electron chi connectivity index (χ0n) is 20.7. The molecule has 2 aliphatic heterocycles. The molecule has 0 unspecified atom stereocenters. The van der Waals surface area contributed by atoms with Gasteiger partial charge in [0.1, 0.15) is 5.92 Å². The van der Waals surface area contributed by atoms with Crippen LogP contribution in [0.1, 0.15) is 36.9 Å². The van der Waals surface area contributed by atoms with Crippen LogP contribution in [0.5, 0.6) is 11.5 Å². The van der Waals surface area contributed by atoms with Gasteiger partial charge in [-0.1, -0.05) is 49.7 Å². The van der Waals surface area contributed by atoms with Gasteiger partial charge in [0.2, 0.25) is 5.91 Å². The summed E-state index contributed by atoms with van der Waals surface area (Å²) in [7, 11) is 1.60. The van der Waals surface area contributed by atoms with Gasteiger partial charge in [-0.25, -0.2) is 9.96 Å². The Morgan fingerprint density at radius 2 is 1.67 bits per heavy atom. The van der Waals surface area contributed by atoms with Crippen molar-refractivity contribution >= 4 is 23.2 Å². The lowest BCUT2D eigenvalue weighted by Gasteiger charge is -2.29. The number of rotatable bonds is 8. The van der Waals surface area contributed by atoms with Crippen LogP contribution in [0, 0.1) is 12.8 Å². The fourth-order valence-corrected chi connectivity index (χ4v) is 4.89. The molecule has 3 atom stereocenters. The van der Waals surface area contributed by atoms with Crippen LogP contribution >= 0.6 is 0 Å². The topological polar surface area (TPSA) is 68.3 Å². The van der Waals surface area contributed by atoms with E-state index in [0.717, 1.165) is 29.7 Å². The standard InChI is InChI=1S/C29H30N2O5/c1-4-5-16-35-23-15-14-20(18-24(23)34-3)26-25-27(36-31(26)21-11-7-6-8-12-21)29(33)30(28(25)32)22-13-9-10-19(2)17-22/h6-15,17-18,25-27H,4-5,16H2,1-3H3/t25-,26-,27-/m0/s1. The highest BCUT2D eigenvalue weighted by atomic mass is 16.7. The second-order valence-corrected chi connectivity index (χ2v) is 9.12. The van der Waals surface area contributed by atoms with Gasteiger partial charge < -0.3 is 9.47 Å². The summed E-state index contributed by atoms with van der Waals surface area (Å²) in [6.07, 6.45) is 1.05. The Balaban J connectivity index is 1.55. The number of benzene rings is 3. The fourth-order valence-electron chi connectivity index (χ4n) is 4.89. The van der Waals surface area contributed by atoms with Crippen molar-refractivity contribution in [3.8, 4) is 11.5 Å². The molecule has 0 radical (unpaired) electrons. The lowest BCUT2D eigenvalue weighted by molar-refractivity contribution is -0.126. The lowest BCUT2D eigenvalue weighted by Crippen LogP contribution is -2.37. The van der Waals surface area contributed by atoms with Crippen LogP contribution in [0.3, 0.4) is 0 Å². The Bertz CT molecular complexity index is 1260. The number of amides is 2. The van der Waals surface area contributed by atoms with Crippen LogP contribution in [0.4, 0.5) is 11.4 Å². The first-order valence-corrected chi connectivity index (χ1v) is 12.3. The number of ether oxygens (including phenoxy) is 2. The highest BCUT2D eigenvalue weighted by molar-refractivity contribution is 6.24. The van der Waals surface area contributed by atoms with Crippen LogP contribution in [0.25, 0.3) is 0 Å². The number of para-hydroxylation sites is 1. The molecule has 2 fully saturated rings. The average Bonchev–Trinajstić information content (AvgIpc) is 3.40. The van der Waals surface area contributed by atoms with Crippen molar-refractivity contribution in [2.75, 3.05) is 23.7 Å². The summed E-state index contributed by atoms with van der Waals surface area (Å²) in [6.45, 7) is 4.64. The Morgan fingerprint density at radius 1 is 0.889 bits per heavy atom. The van der Waals surface area contributed by atoms with E-state index < -0.39 is 18.1 Å². The Kier molecular flexibility index (Phi) is 6.65. The van der Waals surface area contributed by atoms with Crippen LogP contribution in [-0.4, -0.2) is 31.6 Å². The zero-order chi connectivity index (χ0) is 25.2. The Hall–Kier alpha value is -3.84. The summed E-state index contributed by atoms with van der Waals surface area (Å²) < 4.78 is 11.5. The van der Waals surface area contributed by atoms with Gasteiger partial charge in [0.25, 0.3) is 5.91 Å². The van der Waals surface area contributed by atoms with Crippen molar-refractivity contribution in [3.05, 3.63) is 83.9 Å². The second-order valence-electron chi connectivity index (χ2n) is 9.12. The molecule has 7 heteroatoms. The molecule has 0 bridgehead atoms. The van der Waals surface area contributed by atoms with Crippen molar-refractivity contribution in [1.82, 2.24) is 0 Å². The molecular weight excluding hydrogens is 456 g/mol. The minimum absolute atomic E-state index is 0.277. The molecule has 3 aromatic carbocycles. The number of anilines is 2. The maximum Gasteiger partial charge on any atom is 0.266 e. The number of hydroxylamine groups is 1. The van der Waals surface area contributed by atoms with Crippen molar-refractivity contribution in [1.29, 1.82) is 0 Å². The van der Waals surface area contributed by atoms with E-state index in [1.165, 1.54) is 4.90 Å². The van der Waals surface area contributed by atoms with E-state index in [0.29, 0.717) is 23.8 Å². The molecule has 5 rings (SSSR count). The summed E-state index contributed by atoms with van der Waals surface area (Å²) in [6, 6.07) is 22.0. The van der Waals surface area contributed by atoms with Crippen molar-refractivity contribution in [2.45, 2.75) is 38.8 Å². The molecule has 36 heavy (non-hydrogen) atoms. The zero-order valence-corrected chi connectivity index (χ0v) is 20.7. The van der Waals surface area contributed by atoms with Gasteiger partial charge in [-0.3, -0.25) is 14.4 Å². The highest BCUT2D eigenvalue weighted by Gasteiger charge is 2.60. The van der Waals surface area contributed by atoms with E-state index in [2.05, 4.69) is 6.92 Å². The third-order valence-corrected chi connectivity index (χ3v) is 6.67. The van der Waals surface area contributed by atoms with E-state index in [1.807, 2.05) is 73.7 Å². The number of fused-ring (bicyclic) bond motifs is 1. The van der Waals surface area contributed by atoms with Crippen LogP contribution in [-0.2, 0) is 14.4 Å². The molecule has 0 aliphatic carbocycles. The van der Waals surface area contributed by atoms with E-state index in [4.69, 9.17) is 14.3 Å². The highest BCUT2D eigenvalue weighted by Crippen LogP contribution is 2.48. The number of nitrogens with zero attached hydrogens (tertiary/aromatic N) is 2. The van der Waals surface area contributed by atoms with Crippen LogP contribution in [0.2, 0.25) is 0 Å². The van der Waals surface area contributed by atoms with Gasteiger partial charge in [-0.15, -0.1) is 0 Å². The largest absolute Gasteiger partial charge is 0.493 e. The summed E-state index contributed by atoms with van der Waals surface area (Å²) in [4.78, 5) is 34.8. The predicted octanol–water partition coefficient (Wildman–Crippen LogP) is 5.23. The first kappa shape index (κ1) is 23.9. The lowest BCUT2D eigenvalue weighted by atomic mass is 9.90. The molecule has 0 spiro atoms. The number of hydrogen-bond acceptors (Lipinski definition) is 6. The molecular formula is C29H30N2O5. The summed E-state index contributed by atoms with van der Waals surface area (Å²) in [5.74, 6) is -0.124. The van der Waals surface area contributed by atoms with Crippen molar-refractivity contribution in [2.24, 2.45) is 5.92 Å². The predicted molar refractivity (Wildman–Crippen MR) is 137 cm³/mol.